The van der Waals surface area contributed by atoms with Gasteiger partial charge in [-0.2, -0.15) is 5.10 Å². The van der Waals surface area contributed by atoms with E-state index in [9.17, 15) is 14.7 Å². The van der Waals surface area contributed by atoms with Crippen molar-refractivity contribution in [1.82, 2.24) is 29.6 Å². The van der Waals surface area contributed by atoms with Gasteiger partial charge < -0.3 is 15.7 Å². The highest BCUT2D eigenvalue weighted by atomic mass is 35.5. The smallest absolute Gasteiger partial charge is 0.309 e. The maximum absolute atomic E-state index is 13.4. The van der Waals surface area contributed by atoms with Crippen LogP contribution in [0.3, 0.4) is 0 Å². The van der Waals surface area contributed by atoms with Gasteiger partial charge in [-0.25, -0.2) is 9.97 Å². The van der Waals surface area contributed by atoms with Crippen LogP contribution in [-0.4, -0.2) is 59.7 Å². The zero-order valence-electron chi connectivity index (χ0n) is 23.2. The van der Waals surface area contributed by atoms with Crippen molar-refractivity contribution in [3.63, 3.8) is 0 Å². The van der Waals surface area contributed by atoms with Crippen molar-refractivity contribution in [3.8, 4) is 11.1 Å². The average molecular weight is 630 g/mol. The number of carboxylic acids is 1. The molecule has 0 spiro atoms. The highest BCUT2D eigenvalue weighted by Crippen LogP contribution is 2.41. The highest BCUT2D eigenvalue weighted by Gasteiger charge is 2.39. The number of nitrogens with one attached hydrogen (secondary N) is 2. The van der Waals surface area contributed by atoms with Crippen LogP contribution in [0.15, 0.2) is 67.1 Å². The molecule has 2 aromatic carbocycles. The van der Waals surface area contributed by atoms with Gasteiger partial charge in [0, 0.05) is 49.4 Å². The third kappa shape index (κ3) is 5.12. The van der Waals surface area contributed by atoms with Crippen molar-refractivity contribution >= 4 is 63.3 Å². The Labute approximate surface area is 261 Å². The summed E-state index contributed by atoms with van der Waals surface area (Å²) in [4.78, 5) is 39.9. The summed E-state index contributed by atoms with van der Waals surface area (Å²) in [6.45, 7) is 1.71. The van der Waals surface area contributed by atoms with Crippen molar-refractivity contribution in [1.29, 1.82) is 0 Å². The van der Waals surface area contributed by atoms with Crippen LogP contribution in [0.1, 0.15) is 35.1 Å². The van der Waals surface area contributed by atoms with Gasteiger partial charge in [-0.15, -0.1) is 0 Å². The summed E-state index contributed by atoms with van der Waals surface area (Å²) in [5.74, 6) is -0.991. The zero-order valence-corrected chi connectivity index (χ0v) is 24.8. The van der Waals surface area contributed by atoms with Gasteiger partial charge in [-0.05, 0) is 37.1 Å². The second-order valence-corrected chi connectivity index (χ2v) is 11.6. The number of carboxylic acid groups (broad SMARTS) is 1. The lowest BCUT2D eigenvalue weighted by atomic mass is 9.93. The molecular formula is C31H26Cl2N8O3. The first kappa shape index (κ1) is 28.2. The third-order valence-electron chi connectivity index (χ3n) is 8.11. The van der Waals surface area contributed by atoms with E-state index in [2.05, 4.69) is 35.6 Å². The van der Waals surface area contributed by atoms with Gasteiger partial charge in [0.2, 0.25) is 0 Å². The van der Waals surface area contributed by atoms with Gasteiger partial charge in [-0.1, -0.05) is 47.5 Å². The van der Waals surface area contributed by atoms with Gasteiger partial charge in [0.15, 0.2) is 11.5 Å². The molecule has 2 aliphatic heterocycles. The summed E-state index contributed by atoms with van der Waals surface area (Å²) in [5.41, 5.74) is 4.84. The molecule has 0 unspecified atom stereocenters. The Balaban J connectivity index is 1.12. The van der Waals surface area contributed by atoms with E-state index in [4.69, 9.17) is 23.2 Å². The maximum atomic E-state index is 13.4. The number of hydrogen-bond donors (Lipinski definition) is 3. The lowest BCUT2D eigenvalue weighted by molar-refractivity contribution is -0.149. The monoisotopic (exact) mass is 628 g/mol. The number of benzene rings is 2. The summed E-state index contributed by atoms with van der Waals surface area (Å²) >= 11 is 13.8. The number of anilines is 3. The van der Waals surface area contributed by atoms with Crippen molar-refractivity contribution in [2.24, 2.45) is 5.92 Å². The molecule has 44 heavy (non-hydrogen) atoms. The Hall–Kier alpha value is -4.58. The van der Waals surface area contributed by atoms with Gasteiger partial charge in [0.25, 0.3) is 5.91 Å². The number of aryl methyl sites for hydroxylation is 1. The number of rotatable bonds is 7. The van der Waals surface area contributed by atoms with Crippen molar-refractivity contribution in [2.75, 3.05) is 23.7 Å². The van der Waals surface area contributed by atoms with Crippen LogP contribution >= 0.6 is 23.2 Å². The first-order chi connectivity index (χ1) is 21.4. The molecule has 2 aliphatic rings. The second-order valence-electron chi connectivity index (χ2n) is 10.8. The van der Waals surface area contributed by atoms with E-state index in [1.54, 1.807) is 42.9 Å². The Morgan fingerprint density at radius 2 is 1.64 bits per heavy atom. The standard InChI is InChI=1S/C31H26Cl2N8O3/c32-26-18(4-1-6-20(26)37-29-28-22(9-10-36-29)34-11-12-35-28)19-5-2-7-21(27(19)33)38-30(42)23-14-25-24(8-3-13-41(25)39-23)40-15-17(16-40)31(43)44/h1-2,4-7,9-12,14,17,24H,3,8,13,15-16H2,(H,36,37)(H,38,42)(H,43,44)/t24-/m0/s1. The minimum atomic E-state index is -0.773. The van der Waals surface area contributed by atoms with Crippen LogP contribution in [0.5, 0.6) is 0 Å². The first-order valence-electron chi connectivity index (χ1n) is 14.1. The largest absolute Gasteiger partial charge is 0.481 e. The van der Waals surface area contributed by atoms with Gasteiger partial charge in [0.05, 0.1) is 44.6 Å². The molecule has 5 aromatic rings. The normalized spacial score (nSPS) is 16.7. The van der Waals surface area contributed by atoms with Gasteiger partial charge in [0.1, 0.15) is 5.52 Å². The molecular weight excluding hydrogens is 603 g/mol. The Kier molecular flexibility index (Phi) is 7.37. The van der Waals surface area contributed by atoms with E-state index in [1.807, 2.05) is 28.9 Å². The fourth-order valence-electron chi connectivity index (χ4n) is 5.84. The number of aromatic nitrogens is 5. The first-order valence-corrected chi connectivity index (χ1v) is 14.9. The quantitative estimate of drug-likeness (QED) is 0.197. The second kappa shape index (κ2) is 11.5. The highest BCUT2D eigenvalue weighted by molar-refractivity contribution is 6.39. The SMILES string of the molecule is O=C(Nc1cccc(-c2cccc(Nc3nccc4nccnc34)c2Cl)c1Cl)c1cc2n(n1)CCC[C@@H]2N1CC(C(=O)O)C1. The molecule has 0 radical (unpaired) electrons. The molecule has 1 fully saturated rings. The molecule has 0 aliphatic carbocycles. The molecule has 0 saturated carbocycles. The maximum Gasteiger partial charge on any atom is 0.309 e. The minimum absolute atomic E-state index is 0.0412. The molecule has 1 atom stereocenters. The minimum Gasteiger partial charge on any atom is -0.481 e. The van der Waals surface area contributed by atoms with Crippen LogP contribution in [0.2, 0.25) is 10.0 Å². The van der Waals surface area contributed by atoms with Crippen LogP contribution in [0.25, 0.3) is 22.2 Å². The molecule has 13 heteroatoms. The Bertz CT molecular complexity index is 1920. The molecule has 7 rings (SSSR count). The summed E-state index contributed by atoms with van der Waals surface area (Å²) in [6, 6.07) is 14.5. The molecule has 0 bridgehead atoms. The van der Waals surface area contributed by atoms with E-state index in [-0.39, 0.29) is 23.6 Å². The number of aliphatic carboxylic acids is 1. The van der Waals surface area contributed by atoms with E-state index < -0.39 is 5.97 Å². The number of nitrogens with zero attached hydrogens (tertiary/aromatic N) is 6. The van der Waals surface area contributed by atoms with Crippen molar-refractivity contribution < 1.29 is 14.7 Å². The summed E-state index contributed by atoms with van der Waals surface area (Å²) < 4.78 is 1.85. The third-order valence-corrected chi connectivity index (χ3v) is 8.92. The lowest BCUT2D eigenvalue weighted by Gasteiger charge is -2.43. The number of amides is 1. The predicted molar refractivity (Wildman–Crippen MR) is 167 cm³/mol. The Morgan fingerprint density at radius 3 is 2.41 bits per heavy atom. The number of hydrogen-bond acceptors (Lipinski definition) is 8. The van der Waals surface area contributed by atoms with Gasteiger partial charge >= 0.3 is 5.97 Å². The Morgan fingerprint density at radius 1 is 0.909 bits per heavy atom. The number of likely N-dealkylation sites (tertiary alicyclic amines) is 1. The van der Waals surface area contributed by atoms with Crippen LogP contribution in [0, 0.1) is 5.92 Å². The molecule has 1 saturated heterocycles. The number of pyridine rings is 1. The predicted octanol–water partition coefficient (Wildman–Crippen LogP) is 6.04. The van der Waals surface area contributed by atoms with Crippen LogP contribution < -0.4 is 10.6 Å². The molecule has 3 aromatic heterocycles. The van der Waals surface area contributed by atoms with E-state index >= 15 is 0 Å². The number of carbonyl (C=O) groups excluding carboxylic acids is 1. The number of halogens is 2. The summed E-state index contributed by atoms with van der Waals surface area (Å²) in [7, 11) is 0. The van der Waals surface area contributed by atoms with E-state index in [0.717, 1.165) is 18.5 Å². The zero-order chi connectivity index (χ0) is 30.4. The fraction of sp³-hybridized carbons (Fsp3) is 0.226. The molecule has 222 valence electrons. The topological polar surface area (TPSA) is 138 Å². The summed E-state index contributed by atoms with van der Waals surface area (Å²) in [6.07, 6.45) is 6.67. The van der Waals surface area contributed by atoms with Crippen molar-refractivity contribution in [2.45, 2.75) is 25.4 Å². The summed E-state index contributed by atoms with van der Waals surface area (Å²) in [5, 5.41) is 20.8. The fourth-order valence-corrected chi connectivity index (χ4v) is 6.39. The molecule has 3 N–H and O–H groups in total. The average Bonchev–Trinajstić information content (AvgIpc) is 3.44. The van der Waals surface area contributed by atoms with Gasteiger partial charge in [-0.3, -0.25) is 24.2 Å². The van der Waals surface area contributed by atoms with Crippen molar-refractivity contribution in [3.05, 3.63) is 88.6 Å². The molecule has 11 nitrogen and oxygen atoms in total. The number of fused-ring (bicyclic) bond motifs is 2. The van der Waals surface area contributed by atoms with Crippen LogP contribution in [-0.2, 0) is 11.3 Å². The van der Waals surface area contributed by atoms with E-state index in [1.165, 1.54) is 0 Å². The van der Waals surface area contributed by atoms with E-state index in [0.29, 0.717) is 69.0 Å². The van der Waals surface area contributed by atoms with Crippen LogP contribution in [0.4, 0.5) is 17.2 Å². The molecule has 1 amide bonds. The lowest BCUT2D eigenvalue weighted by Crippen LogP contribution is -2.52. The number of carbonyl (C=O) groups is 2. The molecule has 5 heterocycles.